The molecule has 0 aromatic heterocycles. The average Bonchev–Trinajstić information content (AvgIpc) is 2.29. The first-order valence-corrected chi connectivity index (χ1v) is 7.58. The van der Waals surface area contributed by atoms with E-state index in [0.29, 0.717) is 19.7 Å². The van der Waals surface area contributed by atoms with Gasteiger partial charge in [-0.05, 0) is 26.5 Å². The van der Waals surface area contributed by atoms with Gasteiger partial charge in [0.15, 0.2) is 0 Å². The predicted octanol–water partition coefficient (Wildman–Crippen LogP) is 1.95. The van der Waals surface area contributed by atoms with Crippen LogP contribution in [0.2, 0.25) is 0 Å². The van der Waals surface area contributed by atoms with Crippen LogP contribution in [0.15, 0.2) is 0 Å². The Balaban J connectivity index is 2.46. The molecule has 1 heterocycles. The first-order chi connectivity index (χ1) is 8.00. The zero-order chi connectivity index (χ0) is 12.9. The van der Waals surface area contributed by atoms with Crippen molar-refractivity contribution < 1.29 is 9.53 Å². The van der Waals surface area contributed by atoms with E-state index >= 15 is 0 Å². The largest absolute Gasteiger partial charge is 0.372 e. The van der Waals surface area contributed by atoms with E-state index in [1.807, 2.05) is 18.1 Å². The standard InChI is InChI=1S/C12H24N2O2S/c1-5-12(3)9-14(6-7-16-12)11(15)13-10(2)8-17-4/h10H,5-9H2,1-4H3,(H,13,15)/t10-,12+/m0/s1. The van der Waals surface area contributed by atoms with Gasteiger partial charge in [0.05, 0.1) is 18.8 Å². The molecule has 0 spiro atoms. The van der Waals surface area contributed by atoms with Crippen LogP contribution in [0.4, 0.5) is 4.79 Å². The molecule has 0 bridgehead atoms. The van der Waals surface area contributed by atoms with Crippen LogP contribution in [0, 0.1) is 0 Å². The fourth-order valence-corrected chi connectivity index (χ4v) is 2.49. The van der Waals surface area contributed by atoms with E-state index in [-0.39, 0.29) is 17.7 Å². The molecule has 0 saturated carbocycles. The van der Waals surface area contributed by atoms with E-state index in [2.05, 4.69) is 19.2 Å². The van der Waals surface area contributed by atoms with Crippen LogP contribution >= 0.6 is 11.8 Å². The lowest BCUT2D eigenvalue weighted by molar-refractivity contribution is -0.0873. The van der Waals surface area contributed by atoms with E-state index in [9.17, 15) is 4.79 Å². The fourth-order valence-electron chi connectivity index (χ4n) is 1.91. The molecular weight excluding hydrogens is 236 g/mol. The molecule has 1 aliphatic heterocycles. The van der Waals surface area contributed by atoms with Crippen molar-refractivity contribution in [1.29, 1.82) is 0 Å². The molecule has 2 amide bonds. The van der Waals surface area contributed by atoms with Gasteiger partial charge in [-0.1, -0.05) is 6.92 Å². The van der Waals surface area contributed by atoms with Gasteiger partial charge in [0.1, 0.15) is 0 Å². The van der Waals surface area contributed by atoms with Gasteiger partial charge in [0, 0.05) is 18.3 Å². The molecule has 0 aliphatic carbocycles. The van der Waals surface area contributed by atoms with Crippen molar-refractivity contribution in [2.24, 2.45) is 0 Å². The second kappa shape index (κ2) is 6.50. The highest BCUT2D eigenvalue weighted by atomic mass is 32.2. The molecule has 1 saturated heterocycles. The zero-order valence-electron chi connectivity index (χ0n) is 11.3. The Morgan fingerprint density at radius 1 is 1.65 bits per heavy atom. The molecule has 4 nitrogen and oxygen atoms in total. The third-order valence-corrected chi connectivity index (χ3v) is 3.99. The minimum Gasteiger partial charge on any atom is -0.372 e. The Morgan fingerprint density at radius 2 is 2.35 bits per heavy atom. The Labute approximate surface area is 108 Å². The highest BCUT2D eigenvalue weighted by Gasteiger charge is 2.32. The van der Waals surface area contributed by atoms with E-state index in [1.54, 1.807) is 11.8 Å². The van der Waals surface area contributed by atoms with Crippen LogP contribution in [-0.4, -0.2) is 54.3 Å². The van der Waals surface area contributed by atoms with Crippen LogP contribution in [0.1, 0.15) is 27.2 Å². The van der Waals surface area contributed by atoms with Crippen LogP contribution in [-0.2, 0) is 4.74 Å². The summed E-state index contributed by atoms with van der Waals surface area (Å²) in [7, 11) is 0. The van der Waals surface area contributed by atoms with E-state index in [0.717, 1.165) is 12.2 Å². The summed E-state index contributed by atoms with van der Waals surface area (Å²) >= 11 is 1.74. The monoisotopic (exact) mass is 260 g/mol. The molecule has 0 unspecified atom stereocenters. The average molecular weight is 260 g/mol. The molecule has 0 aromatic rings. The quantitative estimate of drug-likeness (QED) is 0.840. The molecule has 100 valence electrons. The molecule has 5 heteroatoms. The van der Waals surface area contributed by atoms with Crippen LogP contribution in [0.5, 0.6) is 0 Å². The van der Waals surface area contributed by atoms with Gasteiger partial charge < -0.3 is 15.0 Å². The maximum absolute atomic E-state index is 12.0. The number of morpholine rings is 1. The summed E-state index contributed by atoms with van der Waals surface area (Å²) in [5, 5.41) is 3.02. The van der Waals surface area contributed by atoms with Gasteiger partial charge in [0.2, 0.25) is 0 Å². The summed E-state index contributed by atoms with van der Waals surface area (Å²) in [6.07, 6.45) is 2.97. The summed E-state index contributed by atoms with van der Waals surface area (Å²) in [5.41, 5.74) is -0.182. The first kappa shape index (κ1) is 14.6. The van der Waals surface area contributed by atoms with Crippen LogP contribution < -0.4 is 5.32 Å². The molecule has 1 N–H and O–H groups in total. The number of ether oxygens (including phenoxy) is 1. The predicted molar refractivity (Wildman–Crippen MR) is 72.6 cm³/mol. The first-order valence-electron chi connectivity index (χ1n) is 6.19. The smallest absolute Gasteiger partial charge is 0.317 e. The van der Waals surface area contributed by atoms with Crippen molar-refractivity contribution in [3.05, 3.63) is 0 Å². The van der Waals surface area contributed by atoms with E-state index in [1.165, 1.54) is 0 Å². The van der Waals surface area contributed by atoms with Crippen LogP contribution in [0.25, 0.3) is 0 Å². The van der Waals surface area contributed by atoms with Crippen molar-refractivity contribution in [3.8, 4) is 0 Å². The van der Waals surface area contributed by atoms with Gasteiger partial charge in [-0.15, -0.1) is 0 Å². The summed E-state index contributed by atoms with van der Waals surface area (Å²) in [6.45, 7) is 8.20. The number of urea groups is 1. The molecule has 0 aromatic carbocycles. The number of carbonyl (C=O) groups is 1. The number of carbonyl (C=O) groups excluding carboxylic acids is 1. The number of nitrogens with one attached hydrogen (secondary N) is 1. The lowest BCUT2D eigenvalue weighted by atomic mass is 10.0. The fraction of sp³-hybridized carbons (Fsp3) is 0.917. The summed E-state index contributed by atoms with van der Waals surface area (Å²) in [6, 6.07) is 0.253. The highest BCUT2D eigenvalue weighted by molar-refractivity contribution is 7.98. The van der Waals surface area contributed by atoms with Crippen molar-refractivity contribution in [2.75, 3.05) is 31.7 Å². The van der Waals surface area contributed by atoms with Crippen molar-refractivity contribution >= 4 is 17.8 Å². The number of rotatable bonds is 4. The normalized spacial score (nSPS) is 26.7. The van der Waals surface area contributed by atoms with E-state index < -0.39 is 0 Å². The molecular formula is C12H24N2O2S. The number of hydrogen-bond donors (Lipinski definition) is 1. The van der Waals surface area contributed by atoms with Crippen molar-refractivity contribution in [2.45, 2.75) is 38.8 Å². The third kappa shape index (κ3) is 4.39. The molecule has 1 fully saturated rings. The number of amides is 2. The molecule has 17 heavy (non-hydrogen) atoms. The number of thioether (sulfide) groups is 1. The van der Waals surface area contributed by atoms with Crippen molar-refractivity contribution in [1.82, 2.24) is 10.2 Å². The Kier molecular flexibility index (Phi) is 5.59. The summed E-state index contributed by atoms with van der Waals surface area (Å²) in [4.78, 5) is 13.9. The minimum atomic E-state index is -0.182. The zero-order valence-corrected chi connectivity index (χ0v) is 12.1. The lowest BCUT2D eigenvalue weighted by Crippen LogP contribution is -2.55. The highest BCUT2D eigenvalue weighted by Crippen LogP contribution is 2.20. The van der Waals surface area contributed by atoms with Gasteiger partial charge in [-0.2, -0.15) is 11.8 Å². The third-order valence-electron chi connectivity index (χ3n) is 3.16. The van der Waals surface area contributed by atoms with Crippen LogP contribution in [0.3, 0.4) is 0 Å². The number of nitrogens with zero attached hydrogens (tertiary/aromatic N) is 1. The Hall–Kier alpha value is -0.420. The molecule has 0 radical (unpaired) electrons. The van der Waals surface area contributed by atoms with Gasteiger partial charge in [-0.25, -0.2) is 4.79 Å². The summed E-state index contributed by atoms with van der Waals surface area (Å²) < 4.78 is 5.72. The Morgan fingerprint density at radius 3 is 2.94 bits per heavy atom. The minimum absolute atomic E-state index is 0.0366. The van der Waals surface area contributed by atoms with Crippen molar-refractivity contribution in [3.63, 3.8) is 0 Å². The van der Waals surface area contributed by atoms with Gasteiger partial charge in [0.25, 0.3) is 0 Å². The van der Waals surface area contributed by atoms with Gasteiger partial charge in [-0.3, -0.25) is 0 Å². The molecule has 2 atom stereocenters. The molecule has 1 aliphatic rings. The van der Waals surface area contributed by atoms with E-state index in [4.69, 9.17) is 4.74 Å². The molecule has 1 rings (SSSR count). The number of hydrogen-bond acceptors (Lipinski definition) is 3. The summed E-state index contributed by atoms with van der Waals surface area (Å²) in [5.74, 6) is 0.946. The van der Waals surface area contributed by atoms with Gasteiger partial charge >= 0.3 is 6.03 Å². The maximum Gasteiger partial charge on any atom is 0.317 e. The second-order valence-electron chi connectivity index (χ2n) is 4.88. The second-order valence-corrected chi connectivity index (χ2v) is 5.79. The SMILES string of the molecule is CC[C@]1(C)CN(C(=O)N[C@@H](C)CSC)CCO1. The topological polar surface area (TPSA) is 41.6 Å². The lowest BCUT2D eigenvalue weighted by Gasteiger charge is -2.40. The maximum atomic E-state index is 12.0. The Bertz CT molecular complexity index is 263.